The molecule has 0 bridgehead atoms. The van der Waals surface area contributed by atoms with Crippen molar-refractivity contribution in [3.05, 3.63) is 35.9 Å². The number of carboxylic acid groups (broad SMARTS) is 1. The summed E-state index contributed by atoms with van der Waals surface area (Å²) in [6.45, 7) is 1.44. The number of ether oxygens (including phenoxy) is 1. The van der Waals surface area contributed by atoms with Gasteiger partial charge in [0.25, 0.3) is 0 Å². The summed E-state index contributed by atoms with van der Waals surface area (Å²) in [5, 5.41) is 9.38. The number of allylic oxidation sites excluding steroid dienone is 1. The standard InChI is InChI=1S/C15H18O3S/c1-19-13-4-2-12(3-5-13)14(15(16)17)10-11-6-8-18-9-7-11/h2-5,10-11H,6-9H2,1H3,(H,16,17). The summed E-state index contributed by atoms with van der Waals surface area (Å²) in [4.78, 5) is 12.6. The zero-order chi connectivity index (χ0) is 13.7. The summed E-state index contributed by atoms with van der Waals surface area (Å²) in [6, 6.07) is 7.68. The van der Waals surface area contributed by atoms with Crippen molar-refractivity contribution < 1.29 is 14.6 Å². The van der Waals surface area contributed by atoms with E-state index in [0.29, 0.717) is 11.5 Å². The van der Waals surface area contributed by atoms with Crippen LogP contribution in [-0.2, 0) is 9.53 Å². The van der Waals surface area contributed by atoms with Gasteiger partial charge in [0.15, 0.2) is 0 Å². The zero-order valence-electron chi connectivity index (χ0n) is 11.0. The fraction of sp³-hybridized carbons (Fsp3) is 0.400. The van der Waals surface area contributed by atoms with Gasteiger partial charge in [0.05, 0.1) is 5.57 Å². The van der Waals surface area contributed by atoms with Crippen molar-refractivity contribution in [2.75, 3.05) is 19.5 Å². The molecule has 1 fully saturated rings. The number of carbonyl (C=O) groups is 1. The van der Waals surface area contributed by atoms with Crippen LogP contribution < -0.4 is 0 Å². The van der Waals surface area contributed by atoms with Crippen molar-refractivity contribution in [3.8, 4) is 0 Å². The Morgan fingerprint density at radius 2 is 1.95 bits per heavy atom. The van der Waals surface area contributed by atoms with Crippen molar-refractivity contribution in [2.45, 2.75) is 17.7 Å². The summed E-state index contributed by atoms with van der Waals surface area (Å²) < 4.78 is 5.30. The van der Waals surface area contributed by atoms with E-state index < -0.39 is 5.97 Å². The topological polar surface area (TPSA) is 46.5 Å². The Bertz CT molecular complexity index is 459. The van der Waals surface area contributed by atoms with E-state index in [2.05, 4.69) is 0 Å². The lowest BCUT2D eigenvalue weighted by atomic mass is 9.94. The molecule has 0 aliphatic carbocycles. The van der Waals surface area contributed by atoms with Gasteiger partial charge < -0.3 is 9.84 Å². The molecule has 0 amide bonds. The lowest BCUT2D eigenvalue weighted by Crippen LogP contribution is -2.15. The van der Waals surface area contributed by atoms with E-state index in [4.69, 9.17) is 4.74 Å². The van der Waals surface area contributed by atoms with E-state index in [-0.39, 0.29) is 0 Å². The molecular formula is C15H18O3S. The van der Waals surface area contributed by atoms with Crippen molar-refractivity contribution in [1.82, 2.24) is 0 Å². The molecule has 4 heteroatoms. The van der Waals surface area contributed by atoms with E-state index in [0.717, 1.165) is 36.5 Å². The minimum atomic E-state index is -0.858. The molecule has 0 spiro atoms. The fourth-order valence-electron chi connectivity index (χ4n) is 2.18. The summed E-state index contributed by atoms with van der Waals surface area (Å²) in [7, 11) is 0. The molecule has 1 aromatic carbocycles. The van der Waals surface area contributed by atoms with Gasteiger partial charge in [0, 0.05) is 18.1 Å². The normalized spacial score (nSPS) is 17.4. The molecule has 19 heavy (non-hydrogen) atoms. The van der Waals surface area contributed by atoms with Crippen LogP contribution in [0.5, 0.6) is 0 Å². The third kappa shape index (κ3) is 3.85. The zero-order valence-corrected chi connectivity index (χ0v) is 11.8. The Morgan fingerprint density at radius 3 is 2.47 bits per heavy atom. The van der Waals surface area contributed by atoms with Crippen LogP contribution in [0.4, 0.5) is 0 Å². The van der Waals surface area contributed by atoms with E-state index >= 15 is 0 Å². The number of benzene rings is 1. The first-order valence-corrected chi connectivity index (χ1v) is 7.60. The second kappa shape index (κ2) is 6.78. The molecule has 3 nitrogen and oxygen atoms in total. The van der Waals surface area contributed by atoms with Gasteiger partial charge in [-0.25, -0.2) is 4.79 Å². The third-order valence-electron chi connectivity index (χ3n) is 3.30. The summed E-state index contributed by atoms with van der Waals surface area (Å²) in [5.41, 5.74) is 1.18. The summed E-state index contributed by atoms with van der Waals surface area (Å²) in [5.74, 6) is -0.552. The number of hydrogen-bond acceptors (Lipinski definition) is 3. The maximum Gasteiger partial charge on any atom is 0.335 e. The summed E-state index contributed by atoms with van der Waals surface area (Å²) >= 11 is 1.65. The van der Waals surface area contributed by atoms with Gasteiger partial charge in [0.1, 0.15) is 0 Å². The Morgan fingerprint density at radius 1 is 1.32 bits per heavy atom. The molecule has 0 radical (unpaired) electrons. The molecule has 0 aromatic heterocycles. The van der Waals surface area contributed by atoms with Crippen LogP contribution >= 0.6 is 11.8 Å². The second-order valence-corrected chi connectivity index (χ2v) is 5.44. The number of rotatable bonds is 4. The van der Waals surface area contributed by atoms with Crippen LogP contribution in [0, 0.1) is 5.92 Å². The average molecular weight is 278 g/mol. The fourth-order valence-corrected chi connectivity index (χ4v) is 2.59. The Kier molecular flexibility index (Phi) is 5.05. The predicted molar refractivity (Wildman–Crippen MR) is 77.4 cm³/mol. The molecule has 0 saturated carbocycles. The highest BCUT2D eigenvalue weighted by molar-refractivity contribution is 7.98. The largest absolute Gasteiger partial charge is 0.478 e. The van der Waals surface area contributed by atoms with Crippen LogP contribution in [-0.4, -0.2) is 30.5 Å². The average Bonchev–Trinajstić information content (AvgIpc) is 2.46. The monoisotopic (exact) mass is 278 g/mol. The Labute approximate surface area is 117 Å². The molecule has 2 rings (SSSR count). The van der Waals surface area contributed by atoms with E-state index in [1.807, 2.05) is 36.6 Å². The first-order chi connectivity index (χ1) is 9.20. The quantitative estimate of drug-likeness (QED) is 0.678. The summed E-state index contributed by atoms with van der Waals surface area (Å²) in [6.07, 6.45) is 5.70. The molecule has 1 heterocycles. The van der Waals surface area contributed by atoms with Crippen molar-refractivity contribution in [1.29, 1.82) is 0 Å². The Balaban J connectivity index is 2.22. The minimum Gasteiger partial charge on any atom is -0.478 e. The van der Waals surface area contributed by atoms with Gasteiger partial charge in [-0.1, -0.05) is 18.2 Å². The van der Waals surface area contributed by atoms with Crippen molar-refractivity contribution >= 4 is 23.3 Å². The lowest BCUT2D eigenvalue weighted by molar-refractivity contribution is -0.130. The highest BCUT2D eigenvalue weighted by Gasteiger charge is 2.16. The highest BCUT2D eigenvalue weighted by Crippen LogP contribution is 2.24. The minimum absolute atomic E-state index is 0.306. The number of aliphatic carboxylic acids is 1. The van der Waals surface area contributed by atoms with E-state index in [9.17, 15) is 9.90 Å². The molecule has 1 aliphatic rings. The SMILES string of the molecule is CSc1ccc(C(=CC2CCOCC2)C(=O)O)cc1. The van der Waals surface area contributed by atoms with Gasteiger partial charge in [0.2, 0.25) is 0 Å². The van der Waals surface area contributed by atoms with Crippen molar-refractivity contribution in [2.24, 2.45) is 5.92 Å². The van der Waals surface area contributed by atoms with E-state index in [1.165, 1.54) is 0 Å². The van der Waals surface area contributed by atoms with Crippen LogP contribution in [0.15, 0.2) is 35.2 Å². The van der Waals surface area contributed by atoms with Gasteiger partial charge in [-0.3, -0.25) is 0 Å². The predicted octanol–water partition coefficient (Wildman–Crippen LogP) is 3.30. The first kappa shape index (κ1) is 14.2. The maximum absolute atomic E-state index is 11.4. The molecule has 1 aliphatic heterocycles. The van der Waals surface area contributed by atoms with Gasteiger partial charge in [-0.05, 0) is 42.7 Å². The molecule has 102 valence electrons. The van der Waals surface area contributed by atoms with Gasteiger partial charge in [-0.2, -0.15) is 0 Å². The third-order valence-corrected chi connectivity index (χ3v) is 4.04. The van der Waals surface area contributed by atoms with Crippen molar-refractivity contribution in [3.63, 3.8) is 0 Å². The van der Waals surface area contributed by atoms with E-state index in [1.54, 1.807) is 11.8 Å². The maximum atomic E-state index is 11.4. The molecule has 0 atom stereocenters. The van der Waals surface area contributed by atoms with Crippen LogP contribution in [0.25, 0.3) is 5.57 Å². The smallest absolute Gasteiger partial charge is 0.335 e. The molecule has 1 saturated heterocycles. The molecule has 1 aromatic rings. The molecule has 0 unspecified atom stereocenters. The molecule has 1 N–H and O–H groups in total. The first-order valence-electron chi connectivity index (χ1n) is 6.38. The second-order valence-electron chi connectivity index (χ2n) is 4.56. The number of thioether (sulfide) groups is 1. The lowest BCUT2D eigenvalue weighted by Gasteiger charge is -2.19. The van der Waals surface area contributed by atoms with Crippen LogP contribution in [0.2, 0.25) is 0 Å². The van der Waals surface area contributed by atoms with Crippen LogP contribution in [0.1, 0.15) is 18.4 Å². The van der Waals surface area contributed by atoms with Gasteiger partial charge in [-0.15, -0.1) is 11.8 Å². The Hall–Kier alpha value is -1.26. The van der Waals surface area contributed by atoms with Gasteiger partial charge >= 0.3 is 5.97 Å². The molecular weight excluding hydrogens is 260 g/mol. The highest BCUT2D eigenvalue weighted by atomic mass is 32.2. The number of carboxylic acids is 1. The van der Waals surface area contributed by atoms with Crippen LogP contribution in [0.3, 0.4) is 0 Å². The number of hydrogen-bond donors (Lipinski definition) is 1.